The molecule has 0 saturated heterocycles. The highest BCUT2D eigenvalue weighted by atomic mass is 16.6. The molecule has 1 aromatic heterocycles. The fourth-order valence-corrected chi connectivity index (χ4v) is 4.00. The fraction of sp³-hybridized carbons (Fsp3) is 0.0435. The van der Waals surface area contributed by atoms with Crippen LogP contribution < -0.4 is 4.90 Å². The molecular formula is C23H16N4O3. The minimum absolute atomic E-state index is 0.0377. The van der Waals surface area contributed by atoms with E-state index in [2.05, 4.69) is 10.2 Å². The quantitative estimate of drug-likeness (QED) is 0.398. The Morgan fingerprint density at radius 3 is 2.23 bits per heavy atom. The van der Waals surface area contributed by atoms with Crippen LogP contribution in [0.5, 0.6) is 0 Å². The lowest BCUT2D eigenvalue weighted by Crippen LogP contribution is -2.29. The van der Waals surface area contributed by atoms with Gasteiger partial charge in [-0.05, 0) is 18.2 Å². The number of nitrogens with one attached hydrogen (secondary N) is 1. The van der Waals surface area contributed by atoms with Crippen molar-refractivity contribution in [3.8, 4) is 11.3 Å². The molecule has 1 aliphatic heterocycles. The zero-order valence-corrected chi connectivity index (χ0v) is 15.7. The van der Waals surface area contributed by atoms with E-state index < -0.39 is 11.0 Å². The number of carbonyl (C=O) groups is 1. The molecule has 1 amide bonds. The maximum Gasteiger partial charge on any atom is 0.277 e. The summed E-state index contributed by atoms with van der Waals surface area (Å²) in [6, 6.07) is 24.5. The Kier molecular flexibility index (Phi) is 4.14. The standard InChI is InChI=1S/C23H16N4O3/c28-23-21-19(20(24-25-21)15-9-3-1-4-10-15)22(26(23)16-11-5-2-6-12-16)17-13-7-8-14-18(17)27(29)30/h1-14,22H,(H,24,25)/t22-/m0/s1. The lowest BCUT2D eigenvalue weighted by Gasteiger charge is -2.26. The van der Waals surface area contributed by atoms with Crippen LogP contribution in [-0.4, -0.2) is 21.0 Å². The van der Waals surface area contributed by atoms with E-state index in [0.717, 1.165) is 5.56 Å². The number of nitro groups is 1. The summed E-state index contributed by atoms with van der Waals surface area (Å²) in [5.74, 6) is -0.269. The Balaban J connectivity index is 1.79. The third kappa shape index (κ3) is 2.68. The molecule has 30 heavy (non-hydrogen) atoms. The Labute approximate surface area is 171 Å². The molecule has 146 valence electrons. The summed E-state index contributed by atoms with van der Waals surface area (Å²) in [5, 5.41) is 19.1. The topological polar surface area (TPSA) is 92.1 Å². The third-order valence-corrected chi connectivity index (χ3v) is 5.28. The van der Waals surface area contributed by atoms with Gasteiger partial charge in [0.15, 0.2) is 0 Å². The van der Waals surface area contributed by atoms with Gasteiger partial charge >= 0.3 is 0 Å². The average molecular weight is 396 g/mol. The number of rotatable bonds is 4. The zero-order chi connectivity index (χ0) is 20.7. The summed E-state index contributed by atoms with van der Waals surface area (Å²) < 4.78 is 0. The van der Waals surface area contributed by atoms with Gasteiger partial charge in [-0.3, -0.25) is 24.9 Å². The molecule has 3 aromatic carbocycles. The number of carbonyl (C=O) groups excluding carboxylic acids is 1. The number of para-hydroxylation sites is 2. The van der Waals surface area contributed by atoms with Gasteiger partial charge in [0.05, 0.1) is 22.2 Å². The van der Waals surface area contributed by atoms with Gasteiger partial charge < -0.3 is 0 Å². The number of anilines is 1. The third-order valence-electron chi connectivity index (χ3n) is 5.28. The van der Waals surface area contributed by atoms with E-state index in [1.54, 1.807) is 23.1 Å². The lowest BCUT2D eigenvalue weighted by molar-refractivity contribution is -0.385. The highest BCUT2D eigenvalue weighted by Gasteiger charge is 2.45. The molecule has 2 heterocycles. The van der Waals surface area contributed by atoms with E-state index in [-0.39, 0.29) is 11.6 Å². The number of fused-ring (bicyclic) bond motifs is 1. The maximum absolute atomic E-state index is 13.4. The van der Waals surface area contributed by atoms with Gasteiger partial charge in [-0.15, -0.1) is 0 Å². The van der Waals surface area contributed by atoms with E-state index >= 15 is 0 Å². The fourth-order valence-electron chi connectivity index (χ4n) is 4.00. The summed E-state index contributed by atoms with van der Waals surface area (Å²) in [6.07, 6.45) is 0. The van der Waals surface area contributed by atoms with Crippen molar-refractivity contribution in [2.24, 2.45) is 0 Å². The van der Waals surface area contributed by atoms with E-state index in [1.165, 1.54) is 6.07 Å². The Hall–Kier alpha value is -4.26. The normalized spacial score (nSPS) is 15.3. The average Bonchev–Trinajstić information content (AvgIpc) is 3.34. The van der Waals surface area contributed by atoms with E-state index in [0.29, 0.717) is 28.2 Å². The van der Waals surface area contributed by atoms with Crippen LogP contribution in [0.25, 0.3) is 11.3 Å². The summed E-state index contributed by atoms with van der Waals surface area (Å²) in [6.45, 7) is 0. The molecule has 1 N–H and O–H groups in total. The van der Waals surface area contributed by atoms with Crippen LogP contribution in [0.3, 0.4) is 0 Å². The Morgan fingerprint density at radius 2 is 1.53 bits per heavy atom. The molecule has 7 heteroatoms. The van der Waals surface area contributed by atoms with Crippen molar-refractivity contribution < 1.29 is 9.72 Å². The molecule has 1 atom stereocenters. The molecule has 7 nitrogen and oxygen atoms in total. The van der Waals surface area contributed by atoms with Crippen LogP contribution in [0.15, 0.2) is 84.9 Å². The largest absolute Gasteiger partial charge is 0.295 e. The number of amides is 1. The molecule has 4 aromatic rings. The van der Waals surface area contributed by atoms with Crippen molar-refractivity contribution in [3.63, 3.8) is 0 Å². The highest BCUT2D eigenvalue weighted by molar-refractivity contribution is 6.11. The first-order chi connectivity index (χ1) is 14.7. The Bertz CT molecular complexity index is 1250. The van der Waals surface area contributed by atoms with Gasteiger partial charge in [0, 0.05) is 22.9 Å². The second-order valence-electron chi connectivity index (χ2n) is 6.96. The number of aromatic amines is 1. The summed E-state index contributed by atoms with van der Waals surface area (Å²) in [5.41, 5.74) is 3.50. The van der Waals surface area contributed by atoms with Crippen LogP contribution in [-0.2, 0) is 0 Å². The van der Waals surface area contributed by atoms with Crippen molar-refractivity contribution in [2.45, 2.75) is 6.04 Å². The van der Waals surface area contributed by atoms with Gasteiger partial charge in [-0.2, -0.15) is 5.10 Å². The second-order valence-corrected chi connectivity index (χ2v) is 6.96. The van der Waals surface area contributed by atoms with Crippen molar-refractivity contribution >= 4 is 17.3 Å². The first-order valence-electron chi connectivity index (χ1n) is 9.42. The van der Waals surface area contributed by atoms with Crippen molar-refractivity contribution in [3.05, 3.63) is 112 Å². The molecule has 0 aliphatic carbocycles. The first-order valence-corrected chi connectivity index (χ1v) is 9.42. The van der Waals surface area contributed by atoms with Crippen LogP contribution in [0.4, 0.5) is 11.4 Å². The molecule has 0 spiro atoms. The molecule has 0 radical (unpaired) electrons. The number of H-pyrrole nitrogens is 1. The van der Waals surface area contributed by atoms with Gasteiger partial charge in [0.25, 0.3) is 11.6 Å². The summed E-state index contributed by atoms with van der Waals surface area (Å²) in [7, 11) is 0. The molecule has 0 fully saturated rings. The number of nitrogens with zero attached hydrogens (tertiary/aromatic N) is 3. The van der Waals surface area contributed by atoms with Crippen molar-refractivity contribution in [2.75, 3.05) is 4.90 Å². The van der Waals surface area contributed by atoms with Crippen LogP contribution in [0.2, 0.25) is 0 Å². The van der Waals surface area contributed by atoms with Crippen LogP contribution in [0.1, 0.15) is 27.7 Å². The molecule has 0 bridgehead atoms. The van der Waals surface area contributed by atoms with Crippen molar-refractivity contribution in [1.29, 1.82) is 0 Å². The first kappa shape index (κ1) is 17.8. The predicted octanol–water partition coefficient (Wildman–Crippen LogP) is 4.73. The van der Waals surface area contributed by atoms with Crippen LogP contribution in [0, 0.1) is 10.1 Å². The molecular weight excluding hydrogens is 380 g/mol. The summed E-state index contributed by atoms with van der Waals surface area (Å²) in [4.78, 5) is 26.4. The zero-order valence-electron chi connectivity index (χ0n) is 15.7. The molecule has 0 saturated carbocycles. The maximum atomic E-state index is 13.4. The van der Waals surface area contributed by atoms with Crippen molar-refractivity contribution in [1.82, 2.24) is 10.2 Å². The minimum Gasteiger partial charge on any atom is -0.295 e. The molecule has 5 rings (SSSR count). The number of hydrogen-bond donors (Lipinski definition) is 1. The summed E-state index contributed by atoms with van der Waals surface area (Å²) >= 11 is 0. The minimum atomic E-state index is -0.676. The SMILES string of the molecule is O=C1c2[nH]nc(-c3ccccc3)c2[C@H](c2ccccc2[N+](=O)[O-])N1c1ccccc1. The second kappa shape index (κ2) is 6.97. The van der Waals surface area contributed by atoms with Gasteiger partial charge in [0.1, 0.15) is 5.69 Å². The van der Waals surface area contributed by atoms with E-state index in [9.17, 15) is 14.9 Å². The lowest BCUT2D eigenvalue weighted by atomic mass is 9.94. The number of benzene rings is 3. The monoisotopic (exact) mass is 396 g/mol. The van der Waals surface area contributed by atoms with Gasteiger partial charge in [0.2, 0.25) is 0 Å². The smallest absolute Gasteiger partial charge is 0.277 e. The predicted molar refractivity (Wildman–Crippen MR) is 112 cm³/mol. The van der Waals surface area contributed by atoms with E-state index in [1.807, 2.05) is 60.7 Å². The molecule has 1 aliphatic rings. The van der Waals surface area contributed by atoms with Crippen LogP contribution >= 0.6 is 0 Å². The van der Waals surface area contributed by atoms with Gasteiger partial charge in [-0.1, -0.05) is 60.7 Å². The van der Waals surface area contributed by atoms with E-state index in [4.69, 9.17) is 0 Å². The number of hydrogen-bond acceptors (Lipinski definition) is 4. The Morgan fingerprint density at radius 1 is 0.900 bits per heavy atom. The molecule has 0 unspecified atom stereocenters. The number of nitro benzene ring substituents is 1. The highest BCUT2D eigenvalue weighted by Crippen LogP contribution is 2.46. The van der Waals surface area contributed by atoms with Gasteiger partial charge in [-0.25, -0.2) is 0 Å². The number of aromatic nitrogens is 2.